The van der Waals surface area contributed by atoms with E-state index < -0.39 is 12.3 Å². The molecule has 0 aromatic heterocycles. The Morgan fingerprint density at radius 2 is 1.76 bits per heavy atom. The van der Waals surface area contributed by atoms with Gasteiger partial charge >= 0.3 is 12.3 Å². The van der Waals surface area contributed by atoms with Gasteiger partial charge in [0.25, 0.3) is 5.91 Å². The van der Waals surface area contributed by atoms with Crippen LogP contribution in [0.25, 0.3) is 16.7 Å². The summed E-state index contributed by atoms with van der Waals surface area (Å²) in [7, 11) is 0. The molecule has 0 atom stereocenters. The van der Waals surface area contributed by atoms with E-state index in [1.54, 1.807) is 30.4 Å². The average Bonchev–Trinajstić information content (AvgIpc) is 3.20. The summed E-state index contributed by atoms with van der Waals surface area (Å²) in [5.74, 6) is -1.63. The van der Waals surface area contributed by atoms with Crippen molar-refractivity contribution >= 4 is 17.4 Å². The Kier molecular flexibility index (Phi) is 9.61. The van der Waals surface area contributed by atoms with Crippen molar-refractivity contribution in [3.63, 3.8) is 0 Å². The van der Waals surface area contributed by atoms with Crippen molar-refractivity contribution < 1.29 is 32.6 Å². The number of hydrogen-bond acceptors (Lipinski definition) is 4. The number of nitrogens with one attached hydrogen (secondary N) is 1. The minimum atomic E-state index is -4.77. The lowest BCUT2D eigenvalue weighted by Crippen LogP contribution is -2.25. The summed E-state index contributed by atoms with van der Waals surface area (Å²) in [4.78, 5) is 22.9. The number of benzene rings is 3. The number of carboxylic acids is 1. The molecule has 214 valence electrons. The normalized spacial score (nSPS) is 12.9. The van der Waals surface area contributed by atoms with E-state index in [4.69, 9.17) is 5.11 Å². The fourth-order valence-electron chi connectivity index (χ4n) is 4.55. The second-order valence-electron chi connectivity index (χ2n) is 9.58. The fraction of sp³-hybridized carbons (Fsp3) is 0.182. The second kappa shape index (κ2) is 13.5. The van der Waals surface area contributed by atoms with Crippen LogP contribution in [0.2, 0.25) is 0 Å². The van der Waals surface area contributed by atoms with E-state index >= 15 is 0 Å². The molecule has 4 rings (SSSR count). The molecular formula is C33H27F3N2O4. The van der Waals surface area contributed by atoms with Gasteiger partial charge in [-0.15, -0.1) is 13.2 Å². The number of nitriles is 1. The maximum atomic E-state index is 12.7. The Hall–Kier alpha value is -5.10. The lowest BCUT2D eigenvalue weighted by atomic mass is 9.90. The largest absolute Gasteiger partial charge is 0.573 e. The van der Waals surface area contributed by atoms with E-state index in [0.717, 1.165) is 33.4 Å². The van der Waals surface area contributed by atoms with E-state index in [1.165, 1.54) is 12.2 Å². The van der Waals surface area contributed by atoms with Crippen molar-refractivity contribution in [2.45, 2.75) is 32.0 Å². The summed E-state index contributed by atoms with van der Waals surface area (Å²) < 4.78 is 42.1. The smallest absolute Gasteiger partial charge is 0.481 e. The average molecular weight is 573 g/mol. The molecule has 0 fully saturated rings. The summed E-state index contributed by atoms with van der Waals surface area (Å²) in [6.07, 6.45) is 2.59. The fourth-order valence-corrected chi connectivity index (χ4v) is 4.55. The number of alkyl halides is 3. The summed E-state index contributed by atoms with van der Waals surface area (Å²) in [6.45, 7) is 0.0424. The van der Waals surface area contributed by atoms with E-state index in [1.807, 2.05) is 48.5 Å². The standard InChI is InChI=1S/C33H27F3N2O4/c34-33(35,36)42-29-6-2-4-24(13-15-29)26-14-16-30(27-5-1-3-23(19-27)21-37)28(20-26)12-9-22-7-10-25(11-8-22)32(41)38-18-17-31(39)40/h1-3,5-8,10-11,13-16,19-20H,4,9,12,17-18H2,(H,38,41)(H,39,40). The monoisotopic (exact) mass is 572 g/mol. The van der Waals surface area contributed by atoms with E-state index in [0.29, 0.717) is 30.4 Å². The molecule has 0 unspecified atom stereocenters. The number of hydrogen-bond donors (Lipinski definition) is 2. The third-order valence-electron chi connectivity index (χ3n) is 6.60. The second-order valence-corrected chi connectivity index (χ2v) is 9.58. The molecule has 3 aromatic rings. The van der Waals surface area contributed by atoms with Crippen LogP contribution in [0, 0.1) is 11.3 Å². The Morgan fingerprint density at radius 3 is 2.48 bits per heavy atom. The number of ether oxygens (including phenoxy) is 1. The van der Waals surface area contributed by atoms with E-state index in [-0.39, 0.29) is 24.6 Å². The number of amides is 1. The summed E-state index contributed by atoms with van der Waals surface area (Å²) in [5, 5.41) is 20.7. The molecular weight excluding hydrogens is 545 g/mol. The molecule has 2 N–H and O–H groups in total. The molecule has 3 aromatic carbocycles. The quantitative estimate of drug-likeness (QED) is 0.273. The number of nitrogens with zero attached hydrogens (tertiary/aromatic N) is 1. The van der Waals surface area contributed by atoms with Gasteiger partial charge in [-0.3, -0.25) is 9.59 Å². The highest BCUT2D eigenvalue weighted by atomic mass is 19.4. The molecule has 42 heavy (non-hydrogen) atoms. The van der Waals surface area contributed by atoms with Crippen molar-refractivity contribution in [1.82, 2.24) is 5.32 Å². The van der Waals surface area contributed by atoms with Crippen molar-refractivity contribution in [1.29, 1.82) is 5.26 Å². The van der Waals surface area contributed by atoms with Crippen LogP contribution in [0.3, 0.4) is 0 Å². The maximum Gasteiger partial charge on any atom is 0.573 e. The number of rotatable bonds is 10. The van der Waals surface area contributed by atoms with Crippen LogP contribution in [-0.4, -0.2) is 29.9 Å². The Balaban J connectivity index is 1.58. The molecule has 0 bridgehead atoms. The molecule has 1 aliphatic carbocycles. The highest BCUT2D eigenvalue weighted by molar-refractivity contribution is 5.94. The predicted octanol–water partition coefficient (Wildman–Crippen LogP) is 6.98. The minimum Gasteiger partial charge on any atom is -0.481 e. The molecule has 1 amide bonds. The molecule has 0 radical (unpaired) electrons. The van der Waals surface area contributed by atoms with Gasteiger partial charge in [0.05, 0.1) is 18.1 Å². The van der Waals surface area contributed by atoms with Gasteiger partial charge in [0.15, 0.2) is 0 Å². The Morgan fingerprint density at radius 1 is 0.976 bits per heavy atom. The van der Waals surface area contributed by atoms with Crippen LogP contribution in [-0.2, 0) is 22.4 Å². The van der Waals surface area contributed by atoms with Gasteiger partial charge in [-0.2, -0.15) is 5.26 Å². The summed E-state index contributed by atoms with van der Waals surface area (Å²) >= 11 is 0. The lowest BCUT2D eigenvalue weighted by Gasteiger charge is -2.14. The van der Waals surface area contributed by atoms with Gasteiger partial charge in [-0.05, 0) is 89.1 Å². The maximum absolute atomic E-state index is 12.7. The SMILES string of the molecule is N#Cc1cccc(-c2ccc(C3=CC=C(OC(F)(F)F)C=CC3)cc2CCc2ccc(C(=O)NCCC(=O)O)cc2)c1. The Bertz CT molecular complexity index is 1600. The first kappa shape index (κ1) is 29.9. The van der Waals surface area contributed by atoms with Gasteiger partial charge in [0.2, 0.25) is 0 Å². The molecule has 0 saturated heterocycles. The third-order valence-corrected chi connectivity index (χ3v) is 6.60. The Labute approximate surface area is 241 Å². The van der Waals surface area contributed by atoms with Crippen LogP contribution in [0.15, 0.2) is 96.8 Å². The number of aliphatic carboxylic acids is 1. The zero-order chi connectivity index (χ0) is 30.1. The number of allylic oxidation sites excluding steroid dienone is 5. The van der Waals surface area contributed by atoms with Gasteiger partial charge < -0.3 is 15.2 Å². The van der Waals surface area contributed by atoms with Gasteiger partial charge in [0.1, 0.15) is 5.76 Å². The highest BCUT2D eigenvalue weighted by Gasteiger charge is 2.31. The molecule has 0 spiro atoms. The third kappa shape index (κ3) is 8.45. The molecule has 6 nitrogen and oxygen atoms in total. The highest BCUT2D eigenvalue weighted by Crippen LogP contribution is 2.32. The first-order chi connectivity index (χ1) is 20.1. The first-order valence-corrected chi connectivity index (χ1v) is 13.2. The van der Waals surface area contributed by atoms with Crippen LogP contribution in [0.1, 0.15) is 45.5 Å². The van der Waals surface area contributed by atoms with Crippen LogP contribution >= 0.6 is 0 Å². The summed E-state index contributed by atoms with van der Waals surface area (Å²) in [6, 6.07) is 22.4. The zero-order valence-electron chi connectivity index (χ0n) is 22.4. The van der Waals surface area contributed by atoms with Crippen molar-refractivity contribution in [3.8, 4) is 17.2 Å². The van der Waals surface area contributed by atoms with Crippen molar-refractivity contribution in [3.05, 3.63) is 125 Å². The summed E-state index contributed by atoms with van der Waals surface area (Å²) in [5.41, 5.74) is 6.41. The topological polar surface area (TPSA) is 99.4 Å². The van der Waals surface area contributed by atoms with E-state index in [2.05, 4.69) is 16.1 Å². The van der Waals surface area contributed by atoms with Gasteiger partial charge in [-0.1, -0.05) is 54.6 Å². The van der Waals surface area contributed by atoms with Crippen LogP contribution in [0.4, 0.5) is 13.2 Å². The minimum absolute atomic E-state index is 0.0424. The number of carboxylic acid groups (broad SMARTS) is 1. The van der Waals surface area contributed by atoms with Crippen molar-refractivity contribution in [2.75, 3.05) is 6.54 Å². The molecule has 1 aliphatic rings. The molecule has 9 heteroatoms. The molecule has 0 heterocycles. The van der Waals surface area contributed by atoms with Gasteiger partial charge in [0, 0.05) is 12.1 Å². The lowest BCUT2D eigenvalue weighted by molar-refractivity contribution is -0.303. The van der Waals surface area contributed by atoms with Crippen LogP contribution < -0.4 is 5.32 Å². The number of aryl methyl sites for hydroxylation is 2. The number of carbonyl (C=O) groups is 2. The van der Waals surface area contributed by atoms with Crippen molar-refractivity contribution in [2.24, 2.45) is 0 Å². The number of halogens is 3. The molecule has 0 aliphatic heterocycles. The van der Waals surface area contributed by atoms with Crippen LogP contribution in [0.5, 0.6) is 0 Å². The number of carbonyl (C=O) groups excluding carboxylic acids is 1. The molecule has 0 saturated carbocycles. The van der Waals surface area contributed by atoms with E-state index in [9.17, 15) is 28.0 Å². The van der Waals surface area contributed by atoms with Gasteiger partial charge in [-0.25, -0.2) is 0 Å². The predicted molar refractivity (Wildman–Crippen MR) is 152 cm³/mol. The first-order valence-electron chi connectivity index (χ1n) is 13.2. The zero-order valence-corrected chi connectivity index (χ0v) is 22.4.